The fourth-order valence-corrected chi connectivity index (χ4v) is 1.25. The van der Waals surface area contributed by atoms with E-state index in [9.17, 15) is 0 Å². The Balaban J connectivity index is 3.86. The number of rotatable bonds is 8. The largest absolute Gasteiger partial charge is 0.396 e. The van der Waals surface area contributed by atoms with E-state index in [1.165, 1.54) is 0 Å². The predicted octanol–water partition coefficient (Wildman–Crippen LogP) is 0.101. The molecular formula is C10H24N2O2. The van der Waals surface area contributed by atoms with Crippen LogP contribution in [0.3, 0.4) is 0 Å². The topological polar surface area (TPSA) is 67.5 Å². The van der Waals surface area contributed by atoms with Crippen molar-refractivity contribution in [2.24, 2.45) is 5.73 Å². The van der Waals surface area contributed by atoms with Crippen LogP contribution in [0.4, 0.5) is 0 Å². The van der Waals surface area contributed by atoms with Crippen LogP contribution in [-0.2, 0) is 4.74 Å². The van der Waals surface area contributed by atoms with Gasteiger partial charge in [-0.15, -0.1) is 0 Å². The van der Waals surface area contributed by atoms with E-state index in [0.29, 0.717) is 6.54 Å². The molecule has 0 saturated heterocycles. The van der Waals surface area contributed by atoms with Crippen molar-refractivity contribution in [3.63, 3.8) is 0 Å². The number of aliphatic hydroxyl groups is 1. The van der Waals surface area contributed by atoms with Gasteiger partial charge in [-0.3, -0.25) is 0 Å². The maximum absolute atomic E-state index is 8.63. The summed E-state index contributed by atoms with van der Waals surface area (Å²) in [4.78, 5) is 0. The Morgan fingerprint density at radius 1 is 1.50 bits per heavy atom. The van der Waals surface area contributed by atoms with Gasteiger partial charge >= 0.3 is 0 Å². The van der Waals surface area contributed by atoms with Gasteiger partial charge in [0.25, 0.3) is 0 Å². The molecule has 0 heterocycles. The predicted molar refractivity (Wildman–Crippen MR) is 58.3 cm³/mol. The lowest BCUT2D eigenvalue weighted by Gasteiger charge is -2.34. The zero-order valence-electron chi connectivity index (χ0n) is 9.55. The first-order valence-electron chi connectivity index (χ1n) is 5.19. The van der Waals surface area contributed by atoms with E-state index >= 15 is 0 Å². The van der Waals surface area contributed by atoms with E-state index in [0.717, 1.165) is 19.4 Å². The van der Waals surface area contributed by atoms with Crippen molar-refractivity contribution in [2.45, 2.75) is 38.3 Å². The molecule has 14 heavy (non-hydrogen) atoms. The number of hydrogen-bond acceptors (Lipinski definition) is 4. The van der Waals surface area contributed by atoms with Crippen LogP contribution in [0, 0.1) is 0 Å². The van der Waals surface area contributed by atoms with Crippen molar-refractivity contribution in [1.82, 2.24) is 5.32 Å². The summed E-state index contributed by atoms with van der Waals surface area (Å²) in [5, 5.41) is 12.0. The number of unbranched alkanes of at least 4 members (excludes halogenated alkanes) is 1. The van der Waals surface area contributed by atoms with Gasteiger partial charge in [-0.05, 0) is 33.2 Å². The Kier molecular flexibility index (Phi) is 7.09. The Morgan fingerprint density at radius 3 is 2.57 bits per heavy atom. The van der Waals surface area contributed by atoms with Gasteiger partial charge in [0.2, 0.25) is 0 Å². The van der Waals surface area contributed by atoms with Gasteiger partial charge in [0.15, 0.2) is 0 Å². The number of methoxy groups -OCH3 is 1. The lowest BCUT2D eigenvalue weighted by molar-refractivity contribution is 0.0418. The summed E-state index contributed by atoms with van der Waals surface area (Å²) in [6.07, 6.45) is 1.87. The number of aliphatic hydroxyl groups excluding tert-OH is 1. The first kappa shape index (κ1) is 13.8. The van der Waals surface area contributed by atoms with E-state index in [1.807, 2.05) is 6.92 Å². The molecule has 0 aromatic carbocycles. The molecule has 0 aromatic rings. The smallest absolute Gasteiger partial charge is 0.0734 e. The molecule has 0 aliphatic carbocycles. The van der Waals surface area contributed by atoms with Crippen molar-refractivity contribution < 1.29 is 9.84 Å². The maximum Gasteiger partial charge on any atom is 0.0734 e. The van der Waals surface area contributed by atoms with Gasteiger partial charge in [0.1, 0.15) is 0 Å². The zero-order chi connectivity index (χ0) is 11.0. The summed E-state index contributed by atoms with van der Waals surface area (Å²) >= 11 is 0. The molecule has 4 nitrogen and oxygen atoms in total. The average molecular weight is 204 g/mol. The summed E-state index contributed by atoms with van der Waals surface area (Å²) in [7, 11) is 1.69. The molecule has 2 atom stereocenters. The van der Waals surface area contributed by atoms with Crippen molar-refractivity contribution in [2.75, 3.05) is 26.8 Å². The number of nitrogens with two attached hydrogens (primary N) is 1. The summed E-state index contributed by atoms with van der Waals surface area (Å²) in [5.74, 6) is 0. The van der Waals surface area contributed by atoms with E-state index in [-0.39, 0.29) is 18.2 Å². The van der Waals surface area contributed by atoms with E-state index in [4.69, 9.17) is 15.6 Å². The Bertz CT molecular complexity index is 144. The molecule has 4 N–H and O–H groups in total. The molecule has 86 valence electrons. The molecular weight excluding hydrogens is 180 g/mol. The number of hydrogen-bond donors (Lipinski definition) is 3. The summed E-state index contributed by atoms with van der Waals surface area (Å²) in [6.45, 7) is 5.72. The molecule has 0 saturated carbocycles. The molecule has 0 spiro atoms. The van der Waals surface area contributed by atoms with Crippen molar-refractivity contribution in [3.8, 4) is 0 Å². The standard InChI is InChI=1S/C10H24N2O2/c1-9(14-3)10(2,8-11)12-6-4-5-7-13/h9,12-13H,4-8,11H2,1-3H3. The normalized spacial score (nSPS) is 17.8. The monoisotopic (exact) mass is 204 g/mol. The Morgan fingerprint density at radius 2 is 2.14 bits per heavy atom. The molecule has 0 amide bonds. The number of ether oxygens (including phenoxy) is 1. The lowest BCUT2D eigenvalue weighted by atomic mass is 9.95. The average Bonchev–Trinajstić information content (AvgIpc) is 2.22. The molecule has 0 bridgehead atoms. The Hall–Kier alpha value is -0.160. The second-order valence-electron chi connectivity index (χ2n) is 3.86. The van der Waals surface area contributed by atoms with Crippen molar-refractivity contribution in [3.05, 3.63) is 0 Å². The number of nitrogens with one attached hydrogen (secondary N) is 1. The van der Waals surface area contributed by atoms with Crippen LogP contribution in [0.15, 0.2) is 0 Å². The van der Waals surface area contributed by atoms with Crippen LogP contribution in [-0.4, -0.2) is 43.6 Å². The first-order chi connectivity index (χ1) is 6.60. The molecule has 0 aliphatic heterocycles. The van der Waals surface area contributed by atoms with Crippen LogP contribution in [0.2, 0.25) is 0 Å². The van der Waals surface area contributed by atoms with Gasteiger partial charge in [-0.1, -0.05) is 0 Å². The molecule has 2 unspecified atom stereocenters. The quantitative estimate of drug-likeness (QED) is 0.491. The molecule has 4 heteroatoms. The lowest BCUT2D eigenvalue weighted by Crippen LogP contribution is -2.57. The highest BCUT2D eigenvalue weighted by Gasteiger charge is 2.28. The van der Waals surface area contributed by atoms with Crippen LogP contribution in [0.1, 0.15) is 26.7 Å². The summed E-state index contributed by atoms with van der Waals surface area (Å²) in [5.41, 5.74) is 5.53. The summed E-state index contributed by atoms with van der Waals surface area (Å²) < 4.78 is 5.27. The van der Waals surface area contributed by atoms with Crippen LogP contribution >= 0.6 is 0 Å². The molecule has 0 radical (unpaired) electrons. The van der Waals surface area contributed by atoms with Crippen molar-refractivity contribution in [1.29, 1.82) is 0 Å². The summed E-state index contributed by atoms with van der Waals surface area (Å²) in [6, 6.07) is 0. The minimum absolute atomic E-state index is 0.0848. The van der Waals surface area contributed by atoms with E-state index < -0.39 is 0 Å². The van der Waals surface area contributed by atoms with Gasteiger partial charge in [-0.2, -0.15) is 0 Å². The Labute approximate surface area is 86.8 Å². The van der Waals surface area contributed by atoms with Crippen LogP contribution in [0.5, 0.6) is 0 Å². The fourth-order valence-electron chi connectivity index (χ4n) is 1.25. The molecule has 0 aliphatic rings. The van der Waals surface area contributed by atoms with E-state index in [2.05, 4.69) is 12.2 Å². The second kappa shape index (κ2) is 7.17. The van der Waals surface area contributed by atoms with E-state index in [1.54, 1.807) is 7.11 Å². The first-order valence-corrected chi connectivity index (χ1v) is 5.19. The minimum Gasteiger partial charge on any atom is -0.396 e. The van der Waals surface area contributed by atoms with Gasteiger partial charge in [0, 0.05) is 20.3 Å². The van der Waals surface area contributed by atoms with Gasteiger partial charge in [0.05, 0.1) is 11.6 Å². The van der Waals surface area contributed by atoms with Crippen LogP contribution < -0.4 is 11.1 Å². The molecule has 0 rings (SSSR count). The zero-order valence-corrected chi connectivity index (χ0v) is 9.55. The minimum atomic E-state index is -0.176. The maximum atomic E-state index is 8.63. The molecule has 0 aromatic heterocycles. The molecule has 0 fully saturated rings. The van der Waals surface area contributed by atoms with Gasteiger partial charge in [-0.25, -0.2) is 0 Å². The third-order valence-corrected chi connectivity index (χ3v) is 2.79. The second-order valence-corrected chi connectivity index (χ2v) is 3.86. The van der Waals surface area contributed by atoms with Crippen LogP contribution in [0.25, 0.3) is 0 Å². The third-order valence-electron chi connectivity index (χ3n) is 2.79. The SMILES string of the molecule is COC(C)C(C)(CN)NCCCCO. The van der Waals surface area contributed by atoms with Gasteiger partial charge < -0.3 is 20.9 Å². The third kappa shape index (κ3) is 4.37. The fraction of sp³-hybridized carbons (Fsp3) is 1.00. The highest BCUT2D eigenvalue weighted by atomic mass is 16.5. The van der Waals surface area contributed by atoms with Crippen molar-refractivity contribution >= 4 is 0 Å². The highest BCUT2D eigenvalue weighted by molar-refractivity contribution is 4.90. The highest BCUT2D eigenvalue weighted by Crippen LogP contribution is 2.11.